The van der Waals surface area contributed by atoms with Crippen LogP contribution in [0.2, 0.25) is 0 Å². The van der Waals surface area contributed by atoms with Gasteiger partial charge in [-0.05, 0) is 85.5 Å². The van der Waals surface area contributed by atoms with Crippen LogP contribution in [0.5, 0.6) is 0 Å². The topological polar surface area (TPSA) is 138 Å². The SMILES string of the molecule is O=C([C@@H](O)C1CCCCC1)N1CCC[C@H]1c1ncc(-c2ccc(-c3ccc(-c4cnc([C@@H]5CCCN5C(=O)[C@@H](O)C5CCCCC5)[nH]4)cc3)cc2)[nH]1. The van der Waals surface area contributed by atoms with E-state index in [0.717, 1.165) is 122 Å². The smallest absolute Gasteiger partial charge is 0.252 e. The second kappa shape index (κ2) is 15.4. The van der Waals surface area contributed by atoms with E-state index in [1.54, 1.807) is 0 Å². The summed E-state index contributed by atoms with van der Waals surface area (Å²) in [6, 6.07) is 16.5. The van der Waals surface area contributed by atoms with Gasteiger partial charge in [-0.3, -0.25) is 9.59 Å². The molecule has 0 spiro atoms. The molecule has 2 aliphatic heterocycles. The molecule has 10 heteroatoms. The Morgan fingerprint density at radius 3 is 1.29 bits per heavy atom. The molecular formula is C42H52N6O4. The maximum Gasteiger partial charge on any atom is 0.252 e. The molecule has 4 aromatic rings. The van der Waals surface area contributed by atoms with Crippen molar-refractivity contribution in [3.05, 3.63) is 72.6 Å². The highest BCUT2D eigenvalue weighted by atomic mass is 16.3. The number of hydrogen-bond acceptors (Lipinski definition) is 6. The zero-order chi connectivity index (χ0) is 35.6. The molecule has 2 aromatic heterocycles. The van der Waals surface area contributed by atoms with Gasteiger partial charge >= 0.3 is 0 Å². The lowest BCUT2D eigenvalue weighted by molar-refractivity contribution is -0.145. The number of aliphatic hydroxyl groups excluding tert-OH is 2. The summed E-state index contributed by atoms with van der Waals surface area (Å²) in [7, 11) is 0. The number of aromatic nitrogens is 4. The maximum absolute atomic E-state index is 13.3. The Morgan fingerprint density at radius 1 is 0.538 bits per heavy atom. The van der Waals surface area contributed by atoms with Crippen molar-refractivity contribution in [2.75, 3.05) is 13.1 Å². The first-order valence-electron chi connectivity index (χ1n) is 19.7. The molecule has 4 fully saturated rings. The van der Waals surface area contributed by atoms with Crippen molar-refractivity contribution in [1.82, 2.24) is 29.7 Å². The van der Waals surface area contributed by atoms with Crippen molar-refractivity contribution in [3.63, 3.8) is 0 Å². The van der Waals surface area contributed by atoms with Crippen LogP contribution in [0, 0.1) is 11.8 Å². The summed E-state index contributed by atoms with van der Waals surface area (Å²) < 4.78 is 0. The lowest BCUT2D eigenvalue weighted by Crippen LogP contribution is -2.43. The number of imidazole rings is 2. The van der Waals surface area contributed by atoms with E-state index in [4.69, 9.17) is 9.97 Å². The van der Waals surface area contributed by atoms with Crippen LogP contribution >= 0.6 is 0 Å². The fourth-order valence-electron chi connectivity index (χ4n) is 9.26. The Bertz CT molecular complexity index is 1690. The summed E-state index contributed by atoms with van der Waals surface area (Å²) in [6.07, 6.45) is 15.8. The molecule has 2 amide bonds. The van der Waals surface area contributed by atoms with E-state index in [9.17, 15) is 19.8 Å². The fraction of sp³-hybridized carbons (Fsp3) is 0.524. The average molecular weight is 705 g/mol. The van der Waals surface area contributed by atoms with Gasteiger partial charge in [0, 0.05) is 13.1 Å². The molecule has 2 aliphatic carbocycles. The van der Waals surface area contributed by atoms with Crippen molar-refractivity contribution in [2.24, 2.45) is 11.8 Å². The number of nitrogens with one attached hydrogen (secondary N) is 2. The number of benzene rings is 2. The molecule has 0 bridgehead atoms. The Morgan fingerprint density at radius 2 is 0.904 bits per heavy atom. The van der Waals surface area contributed by atoms with Crippen LogP contribution in [0.25, 0.3) is 33.6 Å². The molecule has 8 rings (SSSR count). The normalized spacial score (nSPS) is 22.9. The lowest BCUT2D eigenvalue weighted by Gasteiger charge is -2.31. The Kier molecular flexibility index (Phi) is 10.3. The van der Waals surface area contributed by atoms with Gasteiger partial charge in [0.05, 0.1) is 35.9 Å². The average Bonchev–Trinajstić information content (AvgIpc) is 4.04. The van der Waals surface area contributed by atoms with Gasteiger partial charge in [-0.2, -0.15) is 0 Å². The highest BCUT2D eigenvalue weighted by molar-refractivity contribution is 5.82. The molecule has 10 nitrogen and oxygen atoms in total. The van der Waals surface area contributed by atoms with Gasteiger partial charge in [0.1, 0.15) is 23.9 Å². The van der Waals surface area contributed by atoms with Crippen LogP contribution in [-0.2, 0) is 9.59 Å². The molecule has 4 N–H and O–H groups in total. The number of likely N-dealkylation sites (tertiary alicyclic amines) is 2. The standard InChI is InChI=1S/C42H52N6O4/c49-37(31-9-3-1-4-10-31)41(51)47-23-7-13-35(47)39-43-25-33(45-39)29-19-15-27(16-20-29)28-17-21-30(22-18-28)34-26-44-40(46-34)36-14-8-24-48(36)42(52)38(50)32-11-5-2-6-12-32/h15-22,25-26,31-32,35-38,49-50H,1-14,23-24H2,(H,43,45)(H,44,46)/t35-,36-,37-,38-/m0/s1. The molecule has 2 saturated heterocycles. The molecular weight excluding hydrogens is 652 g/mol. The first-order valence-corrected chi connectivity index (χ1v) is 19.7. The van der Waals surface area contributed by atoms with Crippen molar-refractivity contribution in [3.8, 4) is 33.6 Å². The van der Waals surface area contributed by atoms with Gasteiger partial charge in [0.2, 0.25) is 0 Å². The van der Waals surface area contributed by atoms with Crippen molar-refractivity contribution in [1.29, 1.82) is 0 Å². The van der Waals surface area contributed by atoms with Crippen LogP contribution in [0.1, 0.15) is 114 Å². The van der Waals surface area contributed by atoms with Gasteiger partial charge in [0.25, 0.3) is 11.8 Å². The fourth-order valence-corrected chi connectivity index (χ4v) is 9.26. The number of H-pyrrole nitrogens is 2. The zero-order valence-electron chi connectivity index (χ0n) is 30.1. The quantitative estimate of drug-likeness (QED) is 0.144. The molecule has 0 unspecified atom stereocenters. The van der Waals surface area contributed by atoms with Gasteiger partial charge in [-0.15, -0.1) is 0 Å². The molecule has 52 heavy (non-hydrogen) atoms. The molecule has 4 heterocycles. The number of rotatable bonds is 9. The van der Waals surface area contributed by atoms with Crippen LogP contribution in [0.15, 0.2) is 60.9 Å². The van der Waals surface area contributed by atoms with Crippen LogP contribution in [0.4, 0.5) is 0 Å². The minimum Gasteiger partial charge on any atom is -0.383 e. The summed E-state index contributed by atoms with van der Waals surface area (Å²) >= 11 is 0. The third-order valence-corrected chi connectivity index (χ3v) is 12.3. The Hall–Kier alpha value is -4.28. The van der Waals surface area contributed by atoms with E-state index >= 15 is 0 Å². The molecule has 0 radical (unpaired) electrons. The van der Waals surface area contributed by atoms with Crippen molar-refractivity contribution in [2.45, 2.75) is 114 Å². The first kappa shape index (κ1) is 34.8. The number of hydrogen-bond donors (Lipinski definition) is 4. The van der Waals surface area contributed by atoms with Gasteiger partial charge < -0.3 is 30.0 Å². The monoisotopic (exact) mass is 704 g/mol. The summed E-state index contributed by atoms with van der Waals surface area (Å²) in [5.74, 6) is 1.41. The maximum atomic E-state index is 13.3. The summed E-state index contributed by atoms with van der Waals surface area (Å²) in [6.45, 7) is 1.31. The number of amides is 2. The number of carbonyl (C=O) groups is 2. The zero-order valence-corrected chi connectivity index (χ0v) is 30.1. The summed E-state index contributed by atoms with van der Waals surface area (Å²) in [5.41, 5.74) is 6.05. The van der Waals surface area contributed by atoms with Crippen LogP contribution < -0.4 is 0 Å². The van der Waals surface area contributed by atoms with E-state index in [1.165, 1.54) is 12.8 Å². The van der Waals surface area contributed by atoms with Crippen molar-refractivity contribution >= 4 is 11.8 Å². The second-order valence-electron chi connectivity index (χ2n) is 15.6. The van der Waals surface area contributed by atoms with Gasteiger partial charge in [-0.1, -0.05) is 87.1 Å². The van der Waals surface area contributed by atoms with Crippen LogP contribution in [0.3, 0.4) is 0 Å². The third kappa shape index (κ3) is 7.07. The minimum absolute atomic E-state index is 0.0701. The minimum atomic E-state index is -0.917. The predicted octanol–water partition coefficient (Wildman–Crippen LogP) is 7.34. The van der Waals surface area contributed by atoms with E-state index in [2.05, 4.69) is 58.5 Å². The van der Waals surface area contributed by atoms with E-state index < -0.39 is 12.2 Å². The van der Waals surface area contributed by atoms with Gasteiger partial charge in [-0.25, -0.2) is 9.97 Å². The predicted molar refractivity (Wildman–Crippen MR) is 200 cm³/mol. The van der Waals surface area contributed by atoms with Crippen molar-refractivity contribution < 1.29 is 19.8 Å². The van der Waals surface area contributed by atoms with Crippen LogP contribution in [-0.4, -0.2) is 77.1 Å². The number of aromatic amines is 2. The number of carbonyl (C=O) groups excluding carboxylic acids is 2. The third-order valence-electron chi connectivity index (χ3n) is 12.3. The second-order valence-corrected chi connectivity index (χ2v) is 15.6. The van der Waals surface area contributed by atoms with E-state index in [-0.39, 0.29) is 35.7 Å². The molecule has 2 saturated carbocycles. The summed E-state index contributed by atoms with van der Waals surface area (Å²) in [5, 5.41) is 21.8. The molecule has 2 aromatic carbocycles. The van der Waals surface area contributed by atoms with Gasteiger partial charge in [0.15, 0.2) is 0 Å². The highest BCUT2D eigenvalue weighted by Gasteiger charge is 2.39. The summed E-state index contributed by atoms with van der Waals surface area (Å²) in [4.78, 5) is 46.7. The largest absolute Gasteiger partial charge is 0.383 e. The Labute approximate surface area is 306 Å². The highest BCUT2D eigenvalue weighted by Crippen LogP contribution is 2.37. The first-order chi connectivity index (χ1) is 25.4. The number of aliphatic hydroxyl groups is 2. The number of nitrogens with zero attached hydrogens (tertiary/aromatic N) is 4. The van der Waals surface area contributed by atoms with E-state index in [1.807, 2.05) is 22.2 Å². The molecule has 4 aliphatic rings. The molecule has 4 atom stereocenters. The Balaban J connectivity index is 0.902. The van der Waals surface area contributed by atoms with E-state index in [0.29, 0.717) is 13.1 Å². The lowest BCUT2D eigenvalue weighted by atomic mass is 9.85. The molecule has 274 valence electrons.